The first kappa shape index (κ1) is 14.5. The summed E-state index contributed by atoms with van der Waals surface area (Å²) in [4.78, 5) is 10.9. The first-order chi connectivity index (χ1) is 8.52. The molecule has 1 amide bonds. The topological polar surface area (TPSA) is 41.1 Å². The molecule has 2 N–H and O–H groups in total. The molecule has 0 aliphatic carbocycles. The van der Waals surface area contributed by atoms with Crippen LogP contribution in [0.15, 0.2) is 18.2 Å². The van der Waals surface area contributed by atoms with E-state index in [-0.39, 0.29) is 11.6 Å². The van der Waals surface area contributed by atoms with Crippen LogP contribution in [0.1, 0.15) is 40.0 Å². The van der Waals surface area contributed by atoms with Gasteiger partial charge in [0.05, 0.1) is 5.69 Å². The molecule has 0 spiro atoms. The van der Waals surface area contributed by atoms with Crippen molar-refractivity contribution in [2.45, 2.75) is 46.1 Å². The van der Waals surface area contributed by atoms with Crippen LogP contribution in [0.4, 0.5) is 15.8 Å². The van der Waals surface area contributed by atoms with Crippen molar-refractivity contribution in [1.82, 2.24) is 0 Å². The van der Waals surface area contributed by atoms with Crippen LogP contribution in [0.5, 0.6) is 0 Å². The van der Waals surface area contributed by atoms with E-state index in [4.69, 9.17) is 0 Å². The van der Waals surface area contributed by atoms with Gasteiger partial charge in [-0.25, -0.2) is 4.39 Å². The molecule has 1 aromatic carbocycles. The molecule has 1 unspecified atom stereocenters. The highest BCUT2D eigenvalue weighted by atomic mass is 19.1. The molecule has 0 saturated carbocycles. The fourth-order valence-electron chi connectivity index (χ4n) is 1.77. The summed E-state index contributed by atoms with van der Waals surface area (Å²) in [6.07, 6.45) is 3.39. The molecule has 0 aliphatic rings. The molecule has 0 radical (unpaired) electrons. The van der Waals surface area contributed by atoms with E-state index in [0.29, 0.717) is 6.04 Å². The van der Waals surface area contributed by atoms with Crippen molar-refractivity contribution in [3.8, 4) is 0 Å². The summed E-state index contributed by atoms with van der Waals surface area (Å²) in [5.41, 5.74) is 1.04. The Balaban J connectivity index is 2.69. The molecule has 0 aromatic heterocycles. The van der Waals surface area contributed by atoms with Crippen LogP contribution < -0.4 is 10.6 Å². The maximum Gasteiger partial charge on any atom is 0.221 e. The van der Waals surface area contributed by atoms with Crippen LogP contribution in [0.25, 0.3) is 0 Å². The van der Waals surface area contributed by atoms with Gasteiger partial charge < -0.3 is 10.6 Å². The van der Waals surface area contributed by atoms with Crippen molar-refractivity contribution >= 4 is 17.3 Å². The third-order valence-corrected chi connectivity index (χ3v) is 2.68. The van der Waals surface area contributed by atoms with Gasteiger partial charge in [0.2, 0.25) is 5.91 Å². The van der Waals surface area contributed by atoms with Crippen LogP contribution in [-0.2, 0) is 4.79 Å². The maximum absolute atomic E-state index is 13.4. The Morgan fingerprint density at radius 3 is 2.78 bits per heavy atom. The molecule has 3 nitrogen and oxygen atoms in total. The normalized spacial score (nSPS) is 12.0. The SMILES string of the molecule is CCCCC(C)Nc1ccc(F)c(NC(C)=O)c1. The number of halogens is 1. The Bertz CT molecular complexity index is 407. The van der Waals surface area contributed by atoms with Crippen molar-refractivity contribution in [3.05, 3.63) is 24.0 Å². The van der Waals surface area contributed by atoms with E-state index in [2.05, 4.69) is 24.5 Å². The minimum absolute atomic E-state index is 0.218. The van der Waals surface area contributed by atoms with Crippen molar-refractivity contribution in [2.75, 3.05) is 10.6 Å². The highest BCUT2D eigenvalue weighted by Crippen LogP contribution is 2.20. The minimum Gasteiger partial charge on any atom is -0.383 e. The van der Waals surface area contributed by atoms with Gasteiger partial charge in [0.25, 0.3) is 0 Å². The predicted octanol–water partition coefficient (Wildman–Crippen LogP) is 3.77. The largest absolute Gasteiger partial charge is 0.383 e. The molecule has 0 fully saturated rings. The zero-order valence-electron chi connectivity index (χ0n) is 11.2. The fourth-order valence-corrected chi connectivity index (χ4v) is 1.77. The maximum atomic E-state index is 13.4. The zero-order chi connectivity index (χ0) is 13.5. The highest BCUT2D eigenvalue weighted by Gasteiger charge is 2.07. The number of rotatable bonds is 6. The van der Waals surface area contributed by atoms with Crippen LogP contribution in [0, 0.1) is 5.82 Å². The van der Waals surface area contributed by atoms with Crippen molar-refractivity contribution in [1.29, 1.82) is 0 Å². The monoisotopic (exact) mass is 252 g/mol. The quantitative estimate of drug-likeness (QED) is 0.809. The lowest BCUT2D eigenvalue weighted by Gasteiger charge is -2.16. The molecule has 1 atom stereocenters. The second-order valence-corrected chi connectivity index (χ2v) is 4.56. The van der Waals surface area contributed by atoms with Gasteiger partial charge >= 0.3 is 0 Å². The summed E-state index contributed by atoms with van der Waals surface area (Å²) in [6.45, 7) is 5.61. The van der Waals surface area contributed by atoms with E-state index in [1.165, 1.54) is 13.0 Å². The Labute approximate surface area is 108 Å². The minimum atomic E-state index is -0.419. The number of carbonyl (C=O) groups excluding carboxylic acids is 1. The van der Waals surface area contributed by atoms with Crippen molar-refractivity contribution in [3.63, 3.8) is 0 Å². The number of benzene rings is 1. The molecule has 4 heteroatoms. The second kappa shape index (κ2) is 6.99. The lowest BCUT2D eigenvalue weighted by atomic mass is 10.1. The summed E-state index contributed by atoms with van der Waals surface area (Å²) >= 11 is 0. The van der Waals surface area contributed by atoms with Gasteiger partial charge in [-0.1, -0.05) is 19.8 Å². The third-order valence-electron chi connectivity index (χ3n) is 2.68. The first-order valence-corrected chi connectivity index (χ1v) is 6.36. The van der Waals surface area contributed by atoms with Crippen LogP contribution in [0.3, 0.4) is 0 Å². The average molecular weight is 252 g/mol. The predicted molar refractivity (Wildman–Crippen MR) is 73.3 cm³/mol. The number of hydrogen-bond donors (Lipinski definition) is 2. The second-order valence-electron chi connectivity index (χ2n) is 4.56. The first-order valence-electron chi connectivity index (χ1n) is 6.36. The van der Waals surface area contributed by atoms with Gasteiger partial charge in [-0.05, 0) is 31.5 Å². The lowest BCUT2D eigenvalue weighted by Crippen LogP contribution is -2.15. The molecule has 0 heterocycles. The molecule has 0 aliphatic heterocycles. The third kappa shape index (κ3) is 4.73. The van der Waals surface area contributed by atoms with E-state index in [0.717, 1.165) is 24.9 Å². The summed E-state index contributed by atoms with van der Waals surface area (Å²) in [6, 6.07) is 5.00. The number of carbonyl (C=O) groups is 1. The molecule has 1 aromatic rings. The molecular weight excluding hydrogens is 231 g/mol. The van der Waals surface area contributed by atoms with E-state index in [1.807, 2.05) is 0 Å². The van der Waals surface area contributed by atoms with Crippen LogP contribution in [0.2, 0.25) is 0 Å². The molecule has 100 valence electrons. The Morgan fingerprint density at radius 2 is 2.17 bits per heavy atom. The van der Waals surface area contributed by atoms with Crippen LogP contribution >= 0.6 is 0 Å². The van der Waals surface area contributed by atoms with E-state index < -0.39 is 5.82 Å². The fraction of sp³-hybridized carbons (Fsp3) is 0.500. The van der Waals surface area contributed by atoms with Gasteiger partial charge in [0.15, 0.2) is 0 Å². The summed E-state index contributed by atoms with van der Waals surface area (Å²) < 4.78 is 13.4. The van der Waals surface area contributed by atoms with Crippen LogP contribution in [-0.4, -0.2) is 11.9 Å². The highest BCUT2D eigenvalue weighted by molar-refractivity contribution is 5.89. The lowest BCUT2D eigenvalue weighted by molar-refractivity contribution is -0.114. The zero-order valence-corrected chi connectivity index (χ0v) is 11.2. The molecule has 1 rings (SSSR count). The average Bonchev–Trinajstić information content (AvgIpc) is 2.30. The van der Waals surface area contributed by atoms with Crippen molar-refractivity contribution in [2.24, 2.45) is 0 Å². The summed E-state index contributed by atoms with van der Waals surface area (Å²) in [5, 5.41) is 5.78. The van der Waals surface area contributed by atoms with Gasteiger partial charge in [-0.15, -0.1) is 0 Å². The Kier molecular flexibility index (Phi) is 5.62. The Hall–Kier alpha value is -1.58. The van der Waals surface area contributed by atoms with Crippen molar-refractivity contribution < 1.29 is 9.18 Å². The number of nitrogens with one attached hydrogen (secondary N) is 2. The molecular formula is C14H21FN2O. The standard InChI is InChI=1S/C14H21FN2O/c1-4-5-6-10(2)16-12-7-8-13(15)14(9-12)17-11(3)18/h7-10,16H,4-6H2,1-3H3,(H,17,18). The number of hydrogen-bond acceptors (Lipinski definition) is 2. The number of unbranched alkanes of at least 4 members (excludes halogenated alkanes) is 1. The Morgan fingerprint density at radius 1 is 1.44 bits per heavy atom. The van der Waals surface area contributed by atoms with E-state index in [1.54, 1.807) is 12.1 Å². The summed E-state index contributed by atoms with van der Waals surface area (Å²) in [5.74, 6) is -0.693. The van der Waals surface area contributed by atoms with Gasteiger partial charge in [0, 0.05) is 18.7 Å². The molecule has 18 heavy (non-hydrogen) atoms. The van der Waals surface area contributed by atoms with Gasteiger partial charge in [-0.2, -0.15) is 0 Å². The number of amides is 1. The molecule has 0 bridgehead atoms. The van der Waals surface area contributed by atoms with E-state index >= 15 is 0 Å². The molecule has 0 saturated heterocycles. The summed E-state index contributed by atoms with van der Waals surface area (Å²) in [7, 11) is 0. The number of anilines is 2. The smallest absolute Gasteiger partial charge is 0.221 e. The van der Waals surface area contributed by atoms with Gasteiger partial charge in [-0.3, -0.25) is 4.79 Å². The van der Waals surface area contributed by atoms with Gasteiger partial charge in [0.1, 0.15) is 5.82 Å². The van der Waals surface area contributed by atoms with E-state index in [9.17, 15) is 9.18 Å².